The van der Waals surface area contributed by atoms with Crippen molar-refractivity contribution in [3.8, 4) is 28.7 Å². The molecular weight excluding hydrogens is 432 g/mol. The van der Waals surface area contributed by atoms with E-state index in [4.69, 9.17) is 9.72 Å². The SMILES string of the molecule is CC(C)c1cc(-c2ccccn2)cc(Oc2ccc3c4ccccc4n(-c4ccccn4)c3c2)n1. The van der Waals surface area contributed by atoms with Crippen LogP contribution >= 0.6 is 0 Å². The van der Waals surface area contributed by atoms with Gasteiger partial charge in [-0.2, -0.15) is 0 Å². The largest absolute Gasteiger partial charge is 0.439 e. The monoisotopic (exact) mass is 456 g/mol. The molecule has 0 aliphatic heterocycles. The van der Waals surface area contributed by atoms with E-state index in [9.17, 15) is 0 Å². The highest BCUT2D eigenvalue weighted by Crippen LogP contribution is 2.35. The number of pyridine rings is 3. The first-order chi connectivity index (χ1) is 17.2. The zero-order valence-electron chi connectivity index (χ0n) is 19.6. The highest BCUT2D eigenvalue weighted by atomic mass is 16.5. The van der Waals surface area contributed by atoms with Crippen LogP contribution in [-0.2, 0) is 0 Å². The Morgan fingerprint density at radius 2 is 1.49 bits per heavy atom. The van der Waals surface area contributed by atoms with Crippen molar-refractivity contribution in [1.29, 1.82) is 0 Å². The van der Waals surface area contributed by atoms with E-state index in [1.165, 1.54) is 5.39 Å². The summed E-state index contributed by atoms with van der Waals surface area (Å²) in [6, 6.07) is 30.5. The number of fused-ring (bicyclic) bond motifs is 3. The molecule has 0 spiro atoms. The molecule has 0 amide bonds. The number of benzene rings is 2. The van der Waals surface area contributed by atoms with Crippen LogP contribution in [0, 0.1) is 0 Å². The van der Waals surface area contributed by atoms with E-state index in [0.29, 0.717) is 5.88 Å². The number of nitrogens with zero attached hydrogens (tertiary/aromatic N) is 4. The van der Waals surface area contributed by atoms with Gasteiger partial charge in [-0.3, -0.25) is 9.55 Å². The van der Waals surface area contributed by atoms with Gasteiger partial charge in [0, 0.05) is 46.6 Å². The second kappa shape index (κ2) is 8.69. The summed E-state index contributed by atoms with van der Waals surface area (Å²) in [5, 5.41) is 2.33. The zero-order valence-corrected chi connectivity index (χ0v) is 19.6. The van der Waals surface area contributed by atoms with Crippen LogP contribution < -0.4 is 4.74 Å². The fourth-order valence-electron chi connectivity index (χ4n) is 4.42. The average molecular weight is 457 g/mol. The quantitative estimate of drug-likeness (QED) is 0.269. The smallest absolute Gasteiger partial charge is 0.220 e. The van der Waals surface area contributed by atoms with Crippen LogP contribution in [0.4, 0.5) is 0 Å². The molecule has 6 aromatic rings. The van der Waals surface area contributed by atoms with Crippen LogP contribution in [0.25, 0.3) is 38.9 Å². The number of hydrogen-bond donors (Lipinski definition) is 0. The first-order valence-electron chi connectivity index (χ1n) is 11.7. The maximum absolute atomic E-state index is 6.35. The fourth-order valence-corrected chi connectivity index (χ4v) is 4.42. The Balaban J connectivity index is 1.48. The summed E-state index contributed by atoms with van der Waals surface area (Å²) in [6.07, 6.45) is 3.62. The molecule has 0 saturated heterocycles. The van der Waals surface area contributed by atoms with E-state index in [-0.39, 0.29) is 5.92 Å². The van der Waals surface area contributed by atoms with E-state index in [1.54, 1.807) is 6.20 Å². The molecular formula is C30H24N4O. The highest BCUT2D eigenvalue weighted by molar-refractivity contribution is 6.09. The lowest BCUT2D eigenvalue weighted by molar-refractivity contribution is 0.460. The van der Waals surface area contributed by atoms with Gasteiger partial charge in [-0.05, 0) is 54.4 Å². The van der Waals surface area contributed by atoms with Gasteiger partial charge in [0.25, 0.3) is 0 Å². The van der Waals surface area contributed by atoms with Crippen molar-refractivity contribution in [3.05, 3.63) is 109 Å². The minimum Gasteiger partial charge on any atom is -0.439 e. The molecule has 4 aromatic heterocycles. The van der Waals surface area contributed by atoms with Crippen molar-refractivity contribution in [3.63, 3.8) is 0 Å². The minimum atomic E-state index is 0.259. The first kappa shape index (κ1) is 21.1. The van der Waals surface area contributed by atoms with E-state index >= 15 is 0 Å². The van der Waals surface area contributed by atoms with Gasteiger partial charge in [-0.1, -0.05) is 44.2 Å². The molecule has 0 fully saturated rings. The average Bonchev–Trinajstić information content (AvgIpc) is 3.23. The molecule has 0 saturated carbocycles. The number of para-hydroxylation sites is 1. The minimum absolute atomic E-state index is 0.259. The topological polar surface area (TPSA) is 52.8 Å². The Labute approximate surface area is 203 Å². The summed E-state index contributed by atoms with van der Waals surface area (Å²) in [6.45, 7) is 4.26. The van der Waals surface area contributed by atoms with Gasteiger partial charge in [0.2, 0.25) is 5.88 Å². The van der Waals surface area contributed by atoms with Crippen molar-refractivity contribution in [1.82, 2.24) is 19.5 Å². The molecule has 0 radical (unpaired) electrons. The standard InChI is InChI=1S/C30H24N4O/c1-20(2)26-17-21(25-10-5-7-15-31-25)18-30(33-26)35-22-13-14-24-23-9-3-4-11-27(23)34(28(24)19-22)29-12-6-8-16-32-29/h3-20H,1-2H3. The molecule has 0 N–H and O–H groups in total. The Morgan fingerprint density at radius 3 is 2.26 bits per heavy atom. The number of ether oxygens (including phenoxy) is 1. The molecule has 0 unspecified atom stereocenters. The number of aromatic nitrogens is 4. The molecule has 6 rings (SSSR count). The van der Waals surface area contributed by atoms with Crippen LogP contribution in [0.2, 0.25) is 0 Å². The summed E-state index contributed by atoms with van der Waals surface area (Å²) in [4.78, 5) is 13.9. The third kappa shape index (κ3) is 3.91. The molecule has 0 aliphatic rings. The molecule has 5 nitrogen and oxygen atoms in total. The predicted molar refractivity (Wildman–Crippen MR) is 140 cm³/mol. The zero-order chi connectivity index (χ0) is 23.8. The maximum Gasteiger partial charge on any atom is 0.220 e. The van der Waals surface area contributed by atoms with Gasteiger partial charge in [0.15, 0.2) is 0 Å². The Kier molecular flexibility index (Phi) is 5.23. The molecule has 0 bridgehead atoms. The highest BCUT2D eigenvalue weighted by Gasteiger charge is 2.15. The molecule has 0 atom stereocenters. The van der Waals surface area contributed by atoms with Gasteiger partial charge in [-0.25, -0.2) is 9.97 Å². The molecule has 35 heavy (non-hydrogen) atoms. The predicted octanol–water partition coefficient (Wildman–Crippen LogP) is 7.55. The third-order valence-electron chi connectivity index (χ3n) is 6.12. The first-order valence-corrected chi connectivity index (χ1v) is 11.7. The van der Waals surface area contributed by atoms with Crippen LogP contribution in [0.1, 0.15) is 25.5 Å². The number of rotatable bonds is 5. The summed E-state index contributed by atoms with van der Waals surface area (Å²) in [5.41, 5.74) is 4.99. The summed E-state index contributed by atoms with van der Waals surface area (Å²) in [7, 11) is 0. The lowest BCUT2D eigenvalue weighted by Crippen LogP contribution is -1.98. The second-order valence-corrected chi connectivity index (χ2v) is 8.81. The molecule has 5 heteroatoms. The molecule has 4 heterocycles. The Morgan fingerprint density at radius 1 is 0.714 bits per heavy atom. The Hall–Kier alpha value is -4.51. The van der Waals surface area contributed by atoms with E-state index in [1.807, 2.05) is 54.7 Å². The van der Waals surface area contributed by atoms with Gasteiger partial charge >= 0.3 is 0 Å². The lowest BCUT2D eigenvalue weighted by Gasteiger charge is -2.12. The summed E-state index contributed by atoms with van der Waals surface area (Å²) >= 11 is 0. The van der Waals surface area contributed by atoms with Crippen molar-refractivity contribution >= 4 is 21.8 Å². The van der Waals surface area contributed by atoms with E-state index < -0.39 is 0 Å². The van der Waals surface area contributed by atoms with Crippen molar-refractivity contribution in [2.45, 2.75) is 19.8 Å². The van der Waals surface area contributed by atoms with Gasteiger partial charge in [-0.15, -0.1) is 0 Å². The van der Waals surface area contributed by atoms with Crippen LogP contribution in [0.3, 0.4) is 0 Å². The van der Waals surface area contributed by atoms with Crippen LogP contribution in [0.15, 0.2) is 103 Å². The lowest BCUT2D eigenvalue weighted by atomic mass is 10.1. The molecule has 2 aromatic carbocycles. The third-order valence-corrected chi connectivity index (χ3v) is 6.12. The van der Waals surface area contributed by atoms with E-state index in [2.05, 4.69) is 70.8 Å². The normalized spacial score (nSPS) is 11.4. The molecule has 170 valence electrons. The van der Waals surface area contributed by atoms with Gasteiger partial charge < -0.3 is 4.74 Å². The van der Waals surface area contributed by atoms with Gasteiger partial charge in [0.1, 0.15) is 11.6 Å². The van der Waals surface area contributed by atoms with Crippen molar-refractivity contribution < 1.29 is 4.74 Å². The molecule has 0 aliphatic carbocycles. The second-order valence-electron chi connectivity index (χ2n) is 8.81. The fraction of sp³-hybridized carbons (Fsp3) is 0.100. The summed E-state index contributed by atoms with van der Waals surface area (Å²) < 4.78 is 8.53. The van der Waals surface area contributed by atoms with Gasteiger partial charge in [0.05, 0.1) is 16.7 Å². The van der Waals surface area contributed by atoms with Crippen LogP contribution in [-0.4, -0.2) is 19.5 Å². The Bertz CT molecular complexity index is 1640. The van der Waals surface area contributed by atoms with Crippen molar-refractivity contribution in [2.24, 2.45) is 0 Å². The van der Waals surface area contributed by atoms with E-state index in [0.717, 1.165) is 44.9 Å². The van der Waals surface area contributed by atoms with Crippen LogP contribution in [0.5, 0.6) is 11.6 Å². The summed E-state index contributed by atoms with van der Waals surface area (Å²) in [5.74, 6) is 2.40. The van der Waals surface area contributed by atoms with Crippen molar-refractivity contribution in [2.75, 3.05) is 0 Å². The number of hydrogen-bond acceptors (Lipinski definition) is 4. The maximum atomic E-state index is 6.35.